The smallest absolute Gasteiger partial charge is 0.318 e. The van der Waals surface area contributed by atoms with E-state index >= 15 is 0 Å². The average Bonchev–Trinajstić information content (AvgIpc) is 2.84. The van der Waals surface area contributed by atoms with E-state index in [1.54, 1.807) is 6.07 Å². The highest BCUT2D eigenvalue weighted by Gasteiger charge is 2.35. The summed E-state index contributed by atoms with van der Waals surface area (Å²) in [5.74, 6) is -3.59. The van der Waals surface area contributed by atoms with Crippen molar-refractivity contribution in [1.29, 1.82) is 0 Å². The van der Waals surface area contributed by atoms with Crippen LogP contribution >= 0.6 is 11.8 Å². The monoisotopic (exact) mass is 310 g/mol. The second-order valence-electron chi connectivity index (χ2n) is 4.34. The molecule has 8 heteroatoms. The van der Waals surface area contributed by atoms with E-state index in [4.69, 9.17) is 9.84 Å². The Balaban J connectivity index is 2.26. The molecule has 2 rings (SSSR count). The number of methoxy groups -OCH3 is 1. The lowest BCUT2D eigenvalue weighted by Crippen LogP contribution is -2.35. The van der Waals surface area contributed by atoms with Crippen molar-refractivity contribution in [3.05, 3.63) is 24.3 Å². The van der Waals surface area contributed by atoms with Crippen LogP contribution in [0.5, 0.6) is 0 Å². The number of thioether (sulfide) groups is 1. The number of imidazole rings is 1. The summed E-state index contributed by atoms with van der Waals surface area (Å²) in [4.78, 5) is 29.8. The topological polar surface area (TPSA) is 113 Å². The zero-order chi connectivity index (χ0) is 15.4. The summed E-state index contributed by atoms with van der Waals surface area (Å²) < 4.78 is 4.80. The number of fused-ring (bicyclic) bond motifs is 1. The number of nitrogens with zero attached hydrogens (tertiary/aromatic N) is 1. The molecule has 2 aromatic rings. The van der Waals surface area contributed by atoms with Crippen molar-refractivity contribution in [2.45, 2.75) is 10.4 Å². The molecule has 0 aliphatic rings. The number of carboxylic acids is 2. The van der Waals surface area contributed by atoms with Crippen molar-refractivity contribution in [3.8, 4) is 0 Å². The number of H-pyrrole nitrogens is 1. The number of nitrogens with one attached hydrogen (secondary N) is 1. The van der Waals surface area contributed by atoms with E-state index < -0.39 is 23.1 Å². The number of aromatic amines is 1. The molecule has 112 valence electrons. The largest absolute Gasteiger partial charge is 0.481 e. The van der Waals surface area contributed by atoms with Crippen LogP contribution in [0, 0.1) is 5.92 Å². The van der Waals surface area contributed by atoms with Gasteiger partial charge in [-0.3, -0.25) is 9.59 Å². The quantitative estimate of drug-likeness (QED) is 0.663. The summed E-state index contributed by atoms with van der Waals surface area (Å²) in [6.07, 6.45) is 0. The van der Waals surface area contributed by atoms with Gasteiger partial charge in [0.25, 0.3) is 0 Å². The van der Waals surface area contributed by atoms with Crippen molar-refractivity contribution in [2.24, 2.45) is 5.92 Å². The second kappa shape index (κ2) is 6.59. The molecular formula is C13H14N2O5S. The van der Waals surface area contributed by atoms with E-state index in [9.17, 15) is 14.7 Å². The summed E-state index contributed by atoms with van der Waals surface area (Å²) in [6.45, 7) is -0.181. The summed E-state index contributed by atoms with van der Waals surface area (Å²) in [5, 5.41) is 17.6. The van der Waals surface area contributed by atoms with E-state index in [-0.39, 0.29) is 6.61 Å². The molecule has 0 radical (unpaired) electrons. The first-order valence-corrected chi connectivity index (χ1v) is 6.97. The van der Waals surface area contributed by atoms with Crippen LogP contribution in [0.1, 0.15) is 0 Å². The second-order valence-corrected chi connectivity index (χ2v) is 5.47. The molecule has 0 aliphatic heterocycles. The molecule has 2 atom stereocenters. The molecule has 1 aromatic heterocycles. The Bertz CT molecular complexity index is 624. The van der Waals surface area contributed by atoms with E-state index in [1.807, 2.05) is 18.2 Å². The molecule has 2 unspecified atom stereocenters. The Morgan fingerprint density at radius 1 is 1.33 bits per heavy atom. The Morgan fingerprint density at radius 3 is 2.62 bits per heavy atom. The minimum absolute atomic E-state index is 0.181. The normalized spacial score (nSPS) is 14.0. The van der Waals surface area contributed by atoms with Crippen LogP contribution in [0.25, 0.3) is 11.0 Å². The van der Waals surface area contributed by atoms with E-state index in [0.717, 1.165) is 17.3 Å². The molecule has 0 amide bonds. The number of hydrogen-bond acceptors (Lipinski definition) is 5. The predicted octanol–water partition coefficient (Wildman–Crippen LogP) is 1.46. The van der Waals surface area contributed by atoms with Gasteiger partial charge >= 0.3 is 11.9 Å². The number of ether oxygens (including phenoxy) is 1. The van der Waals surface area contributed by atoms with Gasteiger partial charge in [0.15, 0.2) is 5.16 Å². The Hall–Kier alpha value is -2.06. The predicted molar refractivity (Wildman–Crippen MR) is 76.4 cm³/mol. The Kier molecular flexibility index (Phi) is 4.81. The van der Waals surface area contributed by atoms with Gasteiger partial charge in [-0.1, -0.05) is 23.9 Å². The lowest BCUT2D eigenvalue weighted by Gasteiger charge is -2.17. The zero-order valence-electron chi connectivity index (χ0n) is 11.1. The summed E-state index contributed by atoms with van der Waals surface area (Å²) >= 11 is 0.872. The molecule has 1 heterocycles. The maximum Gasteiger partial charge on any atom is 0.318 e. The highest BCUT2D eigenvalue weighted by atomic mass is 32.2. The Morgan fingerprint density at radius 2 is 2.05 bits per heavy atom. The van der Waals surface area contributed by atoms with Gasteiger partial charge in [-0.15, -0.1) is 0 Å². The van der Waals surface area contributed by atoms with E-state index in [0.29, 0.717) is 10.7 Å². The minimum Gasteiger partial charge on any atom is -0.481 e. The molecule has 0 saturated heterocycles. The van der Waals surface area contributed by atoms with Crippen LogP contribution in [0.15, 0.2) is 29.4 Å². The van der Waals surface area contributed by atoms with Crippen molar-refractivity contribution in [1.82, 2.24) is 9.97 Å². The third-order valence-corrected chi connectivity index (χ3v) is 4.08. The first-order valence-electron chi connectivity index (χ1n) is 6.09. The highest BCUT2D eigenvalue weighted by molar-refractivity contribution is 8.00. The molecule has 7 nitrogen and oxygen atoms in total. The molecule has 1 aromatic carbocycles. The number of hydrogen-bond donors (Lipinski definition) is 3. The lowest BCUT2D eigenvalue weighted by molar-refractivity contribution is -0.149. The summed E-state index contributed by atoms with van der Waals surface area (Å²) in [7, 11) is 1.33. The maximum absolute atomic E-state index is 11.4. The van der Waals surface area contributed by atoms with Gasteiger partial charge in [0, 0.05) is 7.11 Å². The first kappa shape index (κ1) is 15.3. The summed E-state index contributed by atoms with van der Waals surface area (Å²) in [6, 6.07) is 7.24. The molecule has 0 spiro atoms. The highest BCUT2D eigenvalue weighted by Crippen LogP contribution is 2.28. The fourth-order valence-corrected chi connectivity index (χ4v) is 2.90. The van der Waals surface area contributed by atoms with Gasteiger partial charge in [0.1, 0.15) is 11.2 Å². The van der Waals surface area contributed by atoms with E-state index in [2.05, 4.69) is 9.97 Å². The van der Waals surface area contributed by atoms with Crippen LogP contribution in [-0.2, 0) is 14.3 Å². The third-order valence-electron chi connectivity index (χ3n) is 2.88. The van der Waals surface area contributed by atoms with Gasteiger partial charge in [0.2, 0.25) is 0 Å². The number of rotatable bonds is 7. The molecule has 0 aliphatic carbocycles. The standard InChI is InChI=1S/C13H14N2O5S/c1-20-6-7(11(16)17)10(12(18)19)21-13-14-8-4-2-3-5-9(8)15-13/h2-5,7,10H,6H2,1H3,(H,14,15)(H,16,17)(H,18,19). The molecule has 0 fully saturated rings. The molecule has 0 saturated carbocycles. The van der Waals surface area contributed by atoms with Crippen molar-refractivity contribution in [3.63, 3.8) is 0 Å². The van der Waals surface area contributed by atoms with E-state index in [1.165, 1.54) is 7.11 Å². The Labute approximate surface area is 124 Å². The lowest BCUT2D eigenvalue weighted by atomic mass is 10.1. The van der Waals surface area contributed by atoms with Crippen LogP contribution < -0.4 is 0 Å². The third kappa shape index (κ3) is 3.53. The number of para-hydroxylation sites is 2. The van der Waals surface area contributed by atoms with Crippen LogP contribution in [0.3, 0.4) is 0 Å². The molecular weight excluding hydrogens is 296 g/mol. The molecule has 21 heavy (non-hydrogen) atoms. The molecule has 0 bridgehead atoms. The van der Waals surface area contributed by atoms with Crippen molar-refractivity contribution < 1.29 is 24.5 Å². The number of aromatic nitrogens is 2. The fraction of sp³-hybridized carbons (Fsp3) is 0.308. The number of carboxylic acid groups (broad SMARTS) is 2. The minimum atomic E-state index is -1.22. The zero-order valence-corrected chi connectivity index (χ0v) is 12.0. The van der Waals surface area contributed by atoms with Crippen LogP contribution in [0.2, 0.25) is 0 Å². The number of benzene rings is 1. The van der Waals surface area contributed by atoms with Gasteiger partial charge in [-0.2, -0.15) is 0 Å². The number of aliphatic carboxylic acids is 2. The van der Waals surface area contributed by atoms with Crippen LogP contribution in [-0.4, -0.2) is 51.1 Å². The van der Waals surface area contributed by atoms with Crippen LogP contribution in [0.4, 0.5) is 0 Å². The van der Waals surface area contributed by atoms with Crippen molar-refractivity contribution >= 4 is 34.7 Å². The first-order chi connectivity index (χ1) is 10.0. The SMILES string of the molecule is COCC(C(=O)O)C(Sc1nc2ccccc2[nH]1)C(=O)O. The average molecular weight is 310 g/mol. The number of carbonyl (C=O) groups is 2. The van der Waals surface area contributed by atoms with Gasteiger partial charge < -0.3 is 19.9 Å². The maximum atomic E-state index is 11.4. The van der Waals surface area contributed by atoms with Crippen molar-refractivity contribution in [2.75, 3.05) is 13.7 Å². The van der Waals surface area contributed by atoms with Gasteiger partial charge in [0.05, 0.1) is 17.6 Å². The van der Waals surface area contributed by atoms with Gasteiger partial charge in [-0.05, 0) is 12.1 Å². The fourth-order valence-electron chi connectivity index (χ4n) is 1.88. The molecule has 3 N–H and O–H groups in total. The summed E-state index contributed by atoms with van der Waals surface area (Å²) in [5.41, 5.74) is 1.46. The van der Waals surface area contributed by atoms with Gasteiger partial charge in [-0.25, -0.2) is 4.98 Å².